The number of aromatic nitrogens is 3. The summed E-state index contributed by atoms with van der Waals surface area (Å²) in [4.78, 5) is 49.7. The molecule has 0 bridgehead atoms. The summed E-state index contributed by atoms with van der Waals surface area (Å²) in [6, 6.07) is 3.43. The monoisotopic (exact) mass is 455 g/mol. The van der Waals surface area contributed by atoms with Gasteiger partial charge in [0.2, 0.25) is 0 Å². The van der Waals surface area contributed by atoms with E-state index in [0.29, 0.717) is 16.6 Å². The standard InChI is InChI=1S/C20H17N5O6S/c1-2-29-19(27)14-11(24-20(28)25-15(14)13-5-3-8-30-13)9-31-18(26)12-10-32-17(23-12)16-21-6-4-7-22-16/h3-8,10,15H,2,9H2,1H3,(H2,24,25,28). The molecule has 2 N–H and O–H groups in total. The topological polar surface area (TPSA) is 146 Å². The molecule has 0 radical (unpaired) electrons. The Hall–Kier alpha value is -4.06. The second-order valence-electron chi connectivity index (χ2n) is 6.35. The molecule has 2 amide bonds. The fourth-order valence-electron chi connectivity index (χ4n) is 2.94. The van der Waals surface area contributed by atoms with Gasteiger partial charge in [0, 0.05) is 17.8 Å². The zero-order valence-corrected chi connectivity index (χ0v) is 17.5. The van der Waals surface area contributed by atoms with Crippen LogP contribution in [0.1, 0.15) is 29.2 Å². The summed E-state index contributed by atoms with van der Waals surface area (Å²) >= 11 is 1.19. The molecule has 0 aliphatic carbocycles. The van der Waals surface area contributed by atoms with Crippen LogP contribution in [0.2, 0.25) is 0 Å². The molecule has 0 saturated carbocycles. The minimum Gasteiger partial charge on any atom is -0.467 e. The Morgan fingerprint density at radius 3 is 2.72 bits per heavy atom. The SMILES string of the molecule is CCOC(=O)C1=C(COC(=O)c2csc(-c3ncccn3)n2)NC(=O)NC1c1ccco1. The van der Waals surface area contributed by atoms with Crippen LogP contribution in [0.3, 0.4) is 0 Å². The van der Waals surface area contributed by atoms with Gasteiger partial charge in [0.25, 0.3) is 0 Å². The average molecular weight is 455 g/mol. The molecule has 3 aromatic rings. The number of urea groups is 1. The van der Waals surface area contributed by atoms with Crippen molar-refractivity contribution in [2.45, 2.75) is 13.0 Å². The molecule has 4 heterocycles. The van der Waals surface area contributed by atoms with Gasteiger partial charge < -0.3 is 24.5 Å². The number of hydrogen-bond acceptors (Lipinski definition) is 10. The first-order valence-electron chi connectivity index (χ1n) is 9.48. The Morgan fingerprint density at radius 2 is 2.00 bits per heavy atom. The molecule has 164 valence electrons. The minimum absolute atomic E-state index is 0.0542. The number of nitrogens with zero attached hydrogens (tertiary/aromatic N) is 3. The molecule has 0 aromatic carbocycles. The third-order valence-corrected chi connectivity index (χ3v) is 5.13. The fraction of sp³-hybridized carbons (Fsp3) is 0.200. The summed E-state index contributed by atoms with van der Waals surface area (Å²) in [5, 5.41) is 7.09. The first-order valence-corrected chi connectivity index (χ1v) is 10.4. The zero-order valence-electron chi connectivity index (χ0n) is 16.7. The number of rotatable bonds is 7. The van der Waals surface area contributed by atoms with Gasteiger partial charge in [0.15, 0.2) is 16.5 Å². The van der Waals surface area contributed by atoms with E-state index in [1.807, 2.05) is 0 Å². The van der Waals surface area contributed by atoms with E-state index in [2.05, 4.69) is 25.6 Å². The first kappa shape index (κ1) is 21.2. The van der Waals surface area contributed by atoms with Gasteiger partial charge >= 0.3 is 18.0 Å². The van der Waals surface area contributed by atoms with Crippen molar-refractivity contribution in [2.24, 2.45) is 0 Å². The molecule has 3 aromatic heterocycles. The van der Waals surface area contributed by atoms with Gasteiger partial charge in [-0.25, -0.2) is 29.3 Å². The van der Waals surface area contributed by atoms with Crippen molar-refractivity contribution in [3.05, 3.63) is 65.0 Å². The van der Waals surface area contributed by atoms with Crippen LogP contribution in [0.5, 0.6) is 0 Å². The van der Waals surface area contributed by atoms with Gasteiger partial charge in [-0.1, -0.05) is 0 Å². The summed E-state index contributed by atoms with van der Waals surface area (Å²) in [6.45, 7) is 1.40. The lowest BCUT2D eigenvalue weighted by molar-refractivity contribution is -0.139. The number of thiazole rings is 1. The zero-order chi connectivity index (χ0) is 22.5. The number of amides is 2. The largest absolute Gasteiger partial charge is 0.467 e. The molecule has 32 heavy (non-hydrogen) atoms. The molecule has 0 fully saturated rings. The van der Waals surface area contributed by atoms with Crippen LogP contribution in [0.15, 0.2) is 57.9 Å². The highest BCUT2D eigenvalue weighted by Crippen LogP contribution is 2.28. The second kappa shape index (κ2) is 9.39. The summed E-state index contributed by atoms with van der Waals surface area (Å²) in [5.41, 5.74) is 0.216. The number of carbonyl (C=O) groups is 3. The van der Waals surface area contributed by atoms with Crippen molar-refractivity contribution in [1.29, 1.82) is 0 Å². The smallest absolute Gasteiger partial charge is 0.358 e. The molecule has 1 atom stereocenters. The number of esters is 2. The maximum Gasteiger partial charge on any atom is 0.358 e. The first-order chi connectivity index (χ1) is 15.6. The van der Waals surface area contributed by atoms with Crippen molar-refractivity contribution in [2.75, 3.05) is 13.2 Å². The van der Waals surface area contributed by atoms with E-state index in [1.54, 1.807) is 37.5 Å². The van der Waals surface area contributed by atoms with Crippen LogP contribution in [-0.4, -0.2) is 46.1 Å². The number of carbonyl (C=O) groups excluding carboxylic acids is 3. The normalized spacial score (nSPS) is 15.7. The van der Waals surface area contributed by atoms with Gasteiger partial charge in [-0.2, -0.15) is 0 Å². The van der Waals surface area contributed by atoms with Crippen LogP contribution in [0.25, 0.3) is 10.8 Å². The number of ether oxygens (including phenoxy) is 2. The van der Waals surface area contributed by atoms with E-state index in [4.69, 9.17) is 13.9 Å². The molecule has 4 rings (SSSR count). The van der Waals surface area contributed by atoms with E-state index in [-0.39, 0.29) is 30.2 Å². The van der Waals surface area contributed by atoms with E-state index >= 15 is 0 Å². The predicted molar refractivity (Wildman–Crippen MR) is 110 cm³/mol. The Labute approximate surface area is 185 Å². The Morgan fingerprint density at radius 1 is 1.19 bits per heavy atom. The molecule has 1 aliphatic rings. The van der Waals surface area contributed by atoms with Gasteiger partial charge in [-0.3, -0.25) is 0 Å². The summed E-state index contributed by atoms with van der Waals surface area (Å²) in [5.74, 6) is -0.694. The highest BCUT2D eigenvalue weighted by Gasteiger charge is 2.35. The number of nitrogens with one attached hydrogen (secondary N) is 2. The summed E-state index contributed by atoms with van der Waals surface area (Å²) in [7, 11) is 0. The summed E-state index contributed by atoms with van der Waals surface area (Å²) < 4.78 is 15.8. The minimum atomic E-state index is -0.896. The Bertz CT molecular complexity index is 1160. The Balaban J connectivity index is 1.56. The van der Waals surface area contributed by atoms with Crippen molar-refractivity contribution in [3.63, 3.8) is 0 Å². The van der Waals surface area contributed by atoms with E-state index in [9.17, 15) is 14.4 Å². The molecular weight excluding hydrogens is 438 g/mol. The average Bonchev–Trinajstić information content (AvgIpc) is 3.50. The van der Waals surface area contributed by atoms with Gasteiger partial charge in [0.05, 0.1) is 24.1 Å². The molecule has 0 spiro atoms. The second-order valence-corrected chi connectivity index (χ2v) is 7.20. The molecule has 0 saturated heterocycles. The van der Waals surface area contributed by atoms with Crippen LogP contribution >= 0.6 is 11.3 Å². The quantitative estimate of drug-likeness (QED) is 0.512. The summed E-state index contributed by atoms with van der Waals surface area (Å²) in [6.07, 6.45) is 4.56. The van der Waals surface area contributed by atoms with Crippen molar-refractivity contribution in [3.8, 4) is 10.8 Å². The highest BCUT2D eigenvalue weighted by molar-refractivity contribution is 7.13. The van der Waals surface area contributed by atoms with Crippen LogP contribution in [0, 0.1) is 0 Å². The number of furan rings is 1. The third kappa shape index (κ3) is 4.49. The van der Waals surface area contributed by atoms with Gasteiger partial charge in [-0.15, -0.1) is 11.3 Å². The molecule has 11 nitrogen and oxygen atoms in total. The van der Waals surface area contributed by atoms with Crippen LogP contribution < -0.4 is 10.6 Å². The van der Waals surface area contributed by atoms with Crippen LogP contribution in [0.4, 0.5) is 4.79 Å². The van der Waals surface area contributed by atoms with Crippen molar-refractivity contribution in [1.82, 2.24) is 25.6 Å². The maximum atomic E-state index is 12.6. The lowest BCUT2D eigenvalue weighted by Crippen LogP contribution is -2.47. The van der Waals surface area contributed by atoms with Crippen molar-refractivity contribution < 1.29 is 28.3 Å². The Kier molecular flexibility index (Phi) is 6.22. The molecule has 1 unspecified atom stereocenters. The predicted octanol–water partition coefficient (Wildman–Crippen LogP) is 2.22. The van der Waals surface area contributed by atoms with E-state index in [1.165, 1.54) is 23.0 Å². The molecule has 1 aliphatic heterocycles. The lowest BCUT2D eigenvalue weighted by Gasteiger charge is -2.27. The number of hydrogen-bond donors (Lipinski definition) is 2. The third-order valence-electron chi connectivity index (χ3n) is 4.29. The van der Waals surface area contributed by atoms with E-state index < -0.39 is 24.0 Å². The van der Waals surface area contributed by atoms with Crippen molar-refractivity contribution >= 4 is 29.3 Å². The van der Waals surface area contributed by atoms with Gasteiger partial charge in [-0.05, 0) is 25.1 Å². The fourth-order valence-corrected chi connectivity index (χ4v) is 3.68. The lowest BCUT2D eigenvalue weighted by atomic mass is 10.0. The maximum absolute atomic E-state index is 12.6. The van der Waals surface area contributed by atoms with Crippen LogP contribution in [-0.2, 0) is 14.3 Å². The molecular formula is C20H17N5O6S. The molecule has 12 heteroatoms. The highest BCUT2D eigenvalue weighted by atomic mass is 32.1. The van der Waals surface area contributed by atoms with Gasteiger partial charge in [0.1, 0.15) is 18.4 Å². The van der Waals surface area contributed by atoms with E-state index in [0.717, 1.165) is 0 Å².